The normalized spacial score (nSPS) is 9.90. The molecule has 0 aliphatic heterocycles. The van der Waals surface area contributed by atoms with Crippen LogP contribution >= 0.6 is 0 Å². The zero-order chi connectivity index (χ0) is 7.61. The van der Waals surface area contributed by atoms with Crippen molar-refractivity contribution in [3.8, 4) is 0 Å². The van der Waals surface area contributed by atoms with Crippen molar-refractivity contribution in [2.45, 2.75) is 26.2 Å². The first kappa shape index (κ1) is 8.10. The molecule has 0 nitrogen and oxygen atoms in total. The maximum absolute atomic E-state index is 2.22. The molecule has 0 N–H and O–H groups in total. The van der Waals surface area contributed by atoms with E-state index in [9.17, 15) is 0 Å². The average Bonchev–Trinajstić information content (AvgIpc) is 1.88. The Morgan fingerprint density at radius 2 is 1.60 bits per heavy atom. The van der Waals surface area contributed by atoms with Crippen LogP contribution in [0.3, 0.4) is 0 Å². The zero-order valence-electron chi connectivity index (χ0n) is 6.89. The van der Waals surface area contributed by atoms with Gasteiger partial charge in [0.05, 0.1) is 0 Å². The number of hydrogen-bond donors (Lipinski definition) is 0. The Balaban J connectivity index is 2.97. The van der Waals surface area contributed by atoms with Crippen molar-refractivity contribution in [3.63, 3.8) is 0 Å². The van der Waals surface area contributed by atoms with Crippen LogP contribution in [-0.4, -0.2) is 27.2 Å². The predicted molar refractivity (Wildman–Crippen MR) is 50.5 cm³/mol. The molecular weight excluding hydrogens is 115 g/mol. The summed E-state index contributed by atoms with van der Waals surface area (Å²) in [6.45, 7) is 15.2. The Labute approximate surface area is 65.3 Å². The van der Waals surface area contributed by atoms with Gasteiger partial charge < -0.3 is 0 Å². The molecule has 0 saturated carbocycles. The molecule has 0 bridgehead atoms. The van der Waals surface area contributed by atoms with Crippen LogP contribution in [-0.2, 0) is 5.41 Å². The third-order valence-electron chi connectivity index (χ3n) is 1.64. The Bertz CT molecular complexity index is 201. The first-order chi connectivity index (χ1) is 4.61. The van der Waals surface area contributed by atoms with Crippen molar-refractivity contribution in [2.75, 3.05) is 0 Å². The van der Waals surface area contributed by atoms with Gasteiger partial charge in [-0.1, -0.05) is 0 Å². The van der Waals surface area contributed by atoms with E-state index in [2.05, 4.69) is 53.8 Å². The molecule has 0 aliphatic carbocycles. The predicted octanol–water partition coefficient (Wildman–Crippen LogP) is 0.336. The van der Waals surface area contributed by atoms with Crippen LogP contribution in [0.4, 0.5) is 0 Å². The van der Waals surface area contributed by atoms with Crippen LogP contribution in [0, 0.1) is 0 Å². The van der Waals surface area contributed by atoms with E-state index in [0.717, 1.165) is 0 Å². The summed E-state index contributed by atoms with van der Waals surface area (Å²) in [6, 6.07) is 0. The Morgan fingerprint density at radius 1 is 1.10 bits per heavy atom. The van der Waals surface area contributed by atoms with E-state index < -0.39 is 0 Å². The van der Waals surface area contributed by atoms with Gasteiger partial charge in [-0.05, 0) is 0 Å². The van der Waals surface area contributed by atoms with Gasteiger partial charge in [0.25, 0.3) is 0 Å². The van der Waals surface area contributed by atoms with Crippen LogP contribution in [0.2, 0.25) is 0 Å². The van der Waals surface area contributed by atoms with Gasteiger partial charge in [-0.2, -0.15) is 0 Å². The third-order valence-corrected chi connectivity index (χ3v) is 1.64. The van der Waals surface area contributed by atoms with E-state index in [1.54, 1.807) is 0 Å². The van der Waals surface area contributed by atoms with Gasteiger partial charge in [0.1, 0.15) is 0 Å². The van der Waals surface area contributed by atoms with E-state index in [-0.39, 0.29) is 0 Å². The van der Waals surface area contributed by atoms with Crippen molar-refractivity contribution in [3.05, 3.63) is 11.2 Å². The van der Waals surface area contributed by atoms with Crippen molar-refractivity contribution in [1.29, 1.82) is 0 Å². The molecule has 0 saturated heterocycles. The molecule has 4 heteroatoms. The van der Waals surface area contributed by atoms with E-state index in [1.165, 1.54) is 5.35 Å². The van der Waals surface area contributed by atoms with Crippen molar-refractivity contribution in [1.82, 2.24) is 0 Å². The molecule has 0 aromatic carbocycles. The van der Waals surface area contributed by atoms with E-state index in [1.807, 2.05) is 0 Å². The van der Waals surface area contributed by atoms with Crippen molar-refractivity contribution >= 4 is 27.2 Å². The summed E-state index contributed by atoms with van der Waals surface area (Å²) in [6.07, 6.45) is 0. The Morgan fingerprint density at radius 3 is 1.90 bits per heavy atom. The molecule has 0 unspecified atom stereocenters. The van der Waals surface area contributed by atoms with Gasteiger partial charge in [-0.15, -0.1) is 0 Å². The summed E-state index contributed by atoms with van der Waals surface area (Å²) in [4.78, 5) is 0. The number of hydrogen-bond acceptors (Lipinski definition) is 0. The van der Waals surface area contributed by atoms with Crippen molar-refractivity contribution in [2.24, 2.45) is 0 Å². The molecule has 0 aliphatic rings. The van der Waals surface area contributed by atoms with Crippen LogP contribution in [0.1, 0.15) is 26.1 Å². The minimum absolute atomic E-state index is 0.293. The van der Waals surface area contributed by atoms with Crippen LogP contribution in [0.5, 0.6) is 0 Å². The average molecular weight is 125 g/mol. The SMILES string of the molecule is CC(C)(C)c1bbcbb1. The molecule has 0 atom stereocenters. The summed E-state index contributed by atoms with van der Waals surface area (Å²) in [7, 11) is 0. The molecule has 0 radical (unpaired) electrons. The Hall–Kier alpha value is -0.000260. The van der Waals surface area contributed by atoms with E-state index >= 15 is 0 Å². The van der Waals surface area contributed by atoms with Crippen LogP contribution in [0.25, 0.3) is 0 Å². The number of rotatable bonds is 0. The monoisotopic (exact) mass is 126 g/mol. The van der Waals surface area contributed by atoms with Gasteiger partial charge in [0.15, 0.2) is 0 Å². The molecule has 10 heavy (non-hydrogen) atoms. The van der Waals surface area contributed by atoms with E-state index in [4.69, 9.17) is 0 Å². The van der Waals surface area contributed by atoms with Gasteiger partial charge in [0, 0.05) is 0 Å². The minimum atomic E-state index is 0.293. The molecule has 0 amide bonds. The second-order valence-electron chi connectivity index (χ2n) is 3.62. The third kappa shape index (κ3) is 2.00. The standard InChI is InChI=1S/C6H10B4/c1-6(2,3)5-9-7-4-8-10-5/h4H,1-3H3. The molecular formula is C6H10B4. The van der Waals surface area contributed by atoms with Gasteiger partial charge in [0.2, 0.25) is 0 Å². The molecule has 1 rings (SSSR count). The van der Waals surface area contributed by atoms with Crippen LogP contribution in [0.15, 0.2) is 5.86 Å². The molecule has 0 fully saturated rings. The van der Waals surface area contributed by atoms with E-state index in [0.29, 0.717) is 5.41 Å². The van der Waals surface area contributed by atoms with Crippen molar-refractivity contribution < 1.29 is 0 Å². The molecule has 1 aromatic heterocycles. The second-order valence-corrected chi connectivity index (χ2v) is 3.62. The summed E-state index contributed by atoms with van der Waals surface area (Å²) in [5.41, 5.74) is 0.293. The topological polar surface area (TPSA) is 0 Å². The fraction of sp³-hybridized carbons (Fsp3) is 0.667. The molecule has 46 valence electrons. The zero-order valence-corrected chi connectivity index (χ0v) is 6.89. The maximum atomic E-state index is 2.22. The van der Waals surface area contributed by atoms with Crippen LogP contribution < -0.4 is 0 Å². The van der Waals surface area contributed by atoms with Gasteiger partial charge >= 0.3 is 64.6 Å². The summed E-state index contributed by atoms with van der Waals surface area (Å²) in [5, 5.41) is 1.40. The Kier molecular flexibility index (Phi) is 2.38. The molecule has 0 spiro atoms. The second kappa shape index (κ2) is 2.94. The fourth-order valence-electron chi connectivity index (χ4n) is 0.938. The summed E-state index contributed by atoms with van der Waals surface area (Å²) in [5.74, 6) is 2.05. The first-order valence-corrected chi connectivity index (χ1v) is 3.66. The molecule has 1 aromatic rings. The summed E-state index contributed by atoms with van der Waals surface area (Å²) >= 11 is 0. The quantitative estimate of drug-likeness (QED) is 0.469. The molecule has 1 heterocycles. The summed E-state index contributed by atoms with van der Waals surface area (Å²) < 4.78 is 0. The fourth-order valence-corrected chi connectivity index (χ4v) is 0.938. The first-order valence-electron chi connectivity index (χ1n) is 3.66. The van der Waals surface area contributed by atoms with Gasteiger partial charge in [-0.3, -0.25) is 0 Å². The van der Waals surface area contributed by atoms with Gasteiger partial charge in [-0.25, -0.2) is 0 Å².